The first-order valence-electron chi connectivity index (χ1n) is 12.6. The summed E-state index contributed by atoms with van der Waals surface area (Å²) in [7, 11) is 0. The first-order valence-corrected chi connectivity index (χ1v) is 12.6. The van der Waals surface area contributed by atoms with Gasteiger partial charge in [-0.2, -0.15) is 9.59 Å². The summed E-state index contributed by atoms with van der Waals surface area (Å²) >= 11 is 0. The second-order valence-corrected chi connectivity index (χ2v) is 9.53. The Morgan fingerprint density at radius 3 is 2.24 bits per heavy atom. The van der Waals surface area contributed by atoms with E-state index in [0.717, 1.165) is 36.0 Å². The second-order valence-electron chi connectivity index (χ2n) is 9.53. The highest BCUT2D eigenvalue weighted by Gasteiger charge is 2.47. The van der Waals surface area contributed by atoms with Gasteiger partial charge >= 0.3 is 12.1 Å². The molecule has 7 heteroatoms. The molecule has 1 aliphatic heterocycles. The Hall–Kier alpha value is -4.22. The minimum Gasteiger partial charge on any atom is -0.507 e. The molecular formula is C31H32O7. The number of fused-ring (bicyclic) bond motifs is 1. The van der Waals surface area contributed by atoms with Crippen LogP contribution in [0.2, 0.25) is 0 Å². The van der Waals surface area contributed by atoms with Crippen molar-refractivity contribution >= 4 is 17.9 Å². The molecule has 1 aliphatic rings. The average molecular weight is 517 g/mol. The van der Waals surface area contributed by atoms with Gasteiger partial charge in [-0.05, 0) is 50.8 Å². The molecule has 0 saturated carbocycles. The van der Waals surface area contributed by atoms with Crippen LogP contribution in [-0.2, 0) is 31.3 Å². The van der Waals surface area contributed by atoms with E-state index in [4.69, 9.17) is 19.1 Å². The van der Waals surface area contributed by atoms with Gasteiger partial charge in [0, 0.05) is 5.56 Å². The van der Waals surface area contributed by atoms with E-state index in [9.17, 15) is 14.7 Å². The molecule has 0 fully saturated rings. The molecule has 0 amide bonds. The number of hydrogen-bond acceptors (Lipinski definition) is 7. The number of aryl methyl sites for hydroxylation is 3. The number of rotatable bonds is 8. The number of aromatic hydroxyl groups is 1. The lowest BCUT2D eigenvalue weighted by molar-refractivity contribution is -0.191. The van der Waals surface area contributed by atoms with Crippen LogP contribution in [0.1, 0.15) is 72.1 Å². The normalized spacial score (nSPS) is 15.7. The Morgan fingerprint density at radius 2 is 1.63 bits per heavy atom. The van der Waals surface area contributed by atoms with Gasteiger partial charge in [0.05, 0.1) is 12.0 Å². The molecular weight excluding hydrogens is 484 g/mol. The summed E-state index contributed by atoms with van der Waals surface area (Å²) in [4.78, 5) is 42.3. The minimum atomic E-state index is -1.61. The lowest BCUT2D eigenvalue weighted by atomic mass is 9.90. The zero-order chi connectivity index (χ0) is 27.9. The zero-order valence-corrected chi connectivity index (χ0v) is 22.1. The van der Waals surface area contributed by atoms with Gasteiger partial charge < -0.3 is 14.6 Å². The highest BCUT2D eigenvalue weighted by Crippen LogP contribution is 2.50. The van der Waals surface area contributed by atoms with E-state index in [1.54, 1.807) is 6.07 Å². The Morgan fingerprint density at radius 1 is 0.947 bits per heavy atom. The van der Waals surface area contributed by atoms with Crippen molar-refractivity contribution in [1.82, 2.24) is 0 Å². The summed E-state index contributed by atoms with van der Waals surface area (Å²) in [5, 5.41) is 11.2. The SMILES string of the molecule is CCCCCc1cc(O)c(-c2cccc(C)c2)c2c1C(=O)OC(CC(C)=O)(c1ccc(C)cc1)O2.O=C=O. The first-order chi connectivity index (χ1) is 18.2. The summed E-state index contributed by atoms with van der Waals surface area (Å²) < 4.78 is 12.5. The molecule has 0 spiro atoms. The summed E-state index contributed by atoms with van der Waals surface area (Å²) in [6, 6.07) is 16.7. The van der Waals surface area contributed by atoms with Crippen LogP contribution in [-0.4, -0.2) is 23.0 Å². The predicted molar refractivity (Wildman–Crippen MR) is 141 cm³/mol. The quantitative estimate of drug-likeness (QED) is 0.280. The van der Waals surface area contributed by atoms with E-state index in [-0.39, 0.29) is 29.9 Å². The molecule has 0 aliphatic carbocycles. The van der Waals surface area contributed by atoms with Crippen LogP contribution in [0, 0.1) is 13.8 Å². The number of ether oxygens (including phenoxy) is 2. The number of benzene rings is 3. The van der Waals surface area contributed by atoms with Gasteiger partial charge in [0.2, 0.25) is 0 Å². The fourth-order valence-corrected chi connectivity index (χ4v) is 4.68. The number of Topliss-reactive ketones (excluding diaryl/α,β-unsaturated/α-hetero) is 1. The molecule has 3 aromatic carbocycles. The molecule has 7 nitrogen and oxygen atoms in total. The van der Waals surface area contributed by atoms with Crippen LogP contribution in [0.15, 0.2) is 54.6 Å². The van der Waals surface area contributed by atoms with Gasteiger partial charge in [0.25, 0.3) is 5.79 Å². The second kappa shape index (κ2) is 12.3. The molecule has 1 unspecified atom stereocenters. The Labute approximate surface area is 222 Å². The van der Waals surface area contributed by atoms with Crippen LogP contribution in [0.4, 0.5) is 0 Å². The number of unbranched alkanes of at least 4 members (excludes halogenated alkanes) is 2. The number of phenols is 1. The Kier molecular flexibility index (Phi) is 9.21. The number of esters is 1. The summed E-state index contributed by atoms with van der Waals surface area (Å²) in [5.41, 5.74) is 4.78. The van der Waals surface area contributed by atoms with Crippen LogP contribution in [0.5, 0.6) is 11.5 Å². The fraction of sp³-hybridized carbons (Fsp3) is 0.323. The topological polar surface area (TPSA) is 107 Å². The van der Waals surface area contributed by atoms with Crippen molar-refractivity contribution in [2.45, 2.75) is 65.6 Å². The van der Waals surface area contributed by atoms with Crippen molar-refractivity contribution in [1.29, 1.82) is 0 Å². The fourth-order valence-electron chi connectivity index (χ4n) is 4.68. The molecule has 4 rings (SSSR count). The van der Waals surface area contributed by atoms with Gasteiger partial charge in [-0.25, -0.2) is 4.79 Å². The molecule has 3 aromatic rings. The third-order valence-corrected chi connectivity index (χ3v) is 6.40. The number of ketones is 1. The average Bonchev–Trinajstić information content (AvgIpc) is 2.84. The van der Waals surface area contributed by atoms with Crippen molar-refractivity contribution < 1.29 is 33.8 Å². The lowest BCUT2D eigenvalue weighted by Gasteiger charge is -2.39. The van der Waals surface area contributed by atoms with E-state index in [2.05, 4.69) is 6.92 Å². The Bertz CT molecular complexity index is 1350. The largest absolute Gasteiger partial charge is 0.507 e. The van der Waals surface area contributed by atoms with Crippen molar-refractivity contribution in [3.63, 3.8) is 0 Å². The molecule has 1 heterocycles. The maximum absolute atomic E-state index is 13.6. The lowest BCUT2D eigenvalue weighted by Crippen LogP contribution is -2.44. The van der Waals surface area contributed by atoms with Crippen LogP contribution in [0.3, 0.4) is 0 Å². The molecule has 38 heavy (non-hydrogen) atoms. The maximum atomic E-state index is 13.6. The number of hydrogen-bond donors (Lipinski definition) is 1. The molecule has 1 atom stereocenters. The van der Waals surface area contributed by atoms with E-state index < -0.39 is 11.8 Å². The third kappa shape index (κ3) is 6.18. The first kappa shape index (κ1) is 28.4. The van der Waals surface area contributed by atoms with Gasteiger partial charge in [-0.1, -0.05) is 79.4 Å². The maximum Gasteiger partial charge on any atom is 0.373 e. The number of carbonyl (C=O) groups excluding carboxylic acids is 4. The molecule has 0 radical (unpaired) electrons. The zero-order valence-electron chi connectivity index (χ0n) is 22.1. The van der Waals surface area contributed by atoms with Crippen molar-refractivity contribution in [2.75, 3.05) is 0 Å². The molecule has 0 saturated heterocycles. The molecule has 1 N–H and O–H groups in total. The molecule has 0 aromatic heterocycles. The number of phenolic OH excluding ortho intramolecular Hbond substituents is 1. The van der Waals surface area contributed by atoms with E-state index in [1.165, 1.54) is 6.92 Å². The summed E-state index contributed by atoms with van der Waals surface area (Å²) in [6.07, 6.45) is 3.63. The molecule has 198 valence electrons. The van der Waals surface area contributed by atoms with Gasteiger partial charge in [-0.3, -0.25) is 4.79 Å². The Balaban J connectivity index is 0.00000127. The summed E-state index contributed by atoms with van der Waals surface area (Å²) in [5.74, 6) is -2.04. The van der Waals surface area contributed by atoms with Gasteiger partial charge in [-0.15, -0.1) is 0 Å². The standard InChI is InChI=1S/C30H32O5.CO2/c1-5-6-7-10-23-17-25(32)26(22-11-8-9-20(3)16-22)28-27(23)29(33)35-30(34-28,18-21(4)31)24-14-12-19(2)13-15-24;2-1-3/h8-9,11-17,32H,5-7,10,18H2,1-4H3;. The van der Waals surface area contributed by atoms with Crippen LogP contribution in [0.25, 0.3) is 11.1 Å². The van der Waals surface area contributed by atoms with Crippen molar-refractivity contribution in [3.8, 4) is 22.6 Å². The molecule has 0 bridgehead atoms. The van der Waals surface area contributed by atoms with Crippen LogP contribution < -0.4 is 4.74 Å². The highest BCUT2D eigenvalue weighted by atomic mass is 16.7. The summed E-state index contributed by atoms with van der Waals surface area (Å²) in [6.45, 7) is 7.49. The predicted octanol–water partition coefficient (Wildman–Crippen LogP) is 6.21. The van der Waals surface area contributed by atoms with Gasteiger partial charge in [0.1, 0.15) is 17.1 Å². The van der Waals surface area contributed by atoms with Gasteiger partial charge in [0.15, 0.2) is 5.75 Å². The van der Waals surface area contributed by atoms with Crippen LogP contribution >= 0.6 is 0 Å². The van der Waals surface area contributed by atoms with Crippen molar-refractivity contribution in [3.05, 3.63) is 82.4 Å². The minimum absolute atomic E-state index is 0.0381. The van der Waals surface area contributed by atoms with E-state index in [0.29, 0.717) is 28.7 Å². The van der Waals surface area contributed by atoms with Crippen molar-refractivity contribution in [2.24, 2.45) is 0 Å². The smallest absolute Gasteiger partial charge is 0.373 e. The number of carbonyl (C=O) groups is 2. The van der Waals surface area contributed by atoms with E-state index >= 15 is 0 Å². The monoisotopic (exact) mass is 516 g/mol. The van der Waals surface area contributed by atoms with E-state index in [1.807, 2.05) is 62.4 Å². The third-order valence-electron chi connectivity index (χ3n) is 6.40. The number of cyclic esters (lactones) is 1. The highest BCUT2D eigenvalue weighted by molar-refractivity contribution is 6.00.